The zero-order valence-corrected chi connectivity index (χ0v) is 13.7. The van der Waals surface area contributed by atoms with Crippen molar-refractivity contribution in [3.8, 4) is 0 Å². The summed E-state index contributed by atoms with van der Waals surface area (Å²) in [6, 6.07) is 0.855. The molecule has 1 aromatic heterocycles. The highest BCUT2D eigenvalue weighted by molar-refractivity contribution is 5.04. The third-order valence-corrected chi connectivity index (χ3v) is 5.63. The van der Waals surface area contributed by atoms with E-state index in [-0.39, 0.29) is 0 Å². The van der Waals surface area contributed by atoms with E-state index >= 15 is 0 Å². The van der Waals surface area contributed by atoms with Crippen LogP contribution in [0.2, 0.25) is 0 Å². The van der Waals surface area contributed by atoms with Crippen molar-refractivity contribution in [3.63, 3.8) is 0 Å². The molecule has 1 N–H and O–H groups in total. The summed E-state index contributed by atoms with van der Waals surface area (Å²) in [6.07, 6.45) is 15.3. The molecule has 1 aromatic rings. The first-order chi connectivity index (χ1) is 10.2. The van der Waals surface area contributed by atoms with Crippen LogP contribution in [0.3, 0.4) is 0 Å². The first kappa shape index (κ1) is 15.1. The van der Waals surface area contributed by atoms with Gasteiger partial charge in [-0.05, 0) is 68.4 Å². The summed E-state index contributed by atoms with van der Waals surface area (Å²) in [6.45, 7) is 3.63. The lowest BCUT2D eigenvalue weighted by atomic mass is 9.71. The summed E-state index contributed by atoms with van der Waals surface area (Å²) in [5.74, 6) is 2.79. The maximum Gasteiger partial charge on any atom is 0.0521 e. The quantitative estimate of drug-likeness (QED) is 0.832. The zero-order chi connectivity index (χ0) is 14.7. The molecular formula is C18H31N3. The Kier molecular flexibility index (Phi) is 4.99. The Bertz CT molecular complexity index is 435. The minimum Gasteiger partial charge on any atom is -0.314 e. The number of nitrogens with zero attached hydrogens (tertiary/aromatic N) is 2. The first-order valence-electron chi connectivity index (χ1n) is 8.95. The minimum atomic E-state index is 0.855. The molecule has 2 fully saturated rings. The summed E-state index contributed by atoms with van der Waals surface area (Å²) < 4.78 is 1.93. The van der Waals surface area contributed by atoms with E-state index in [9.17, 15) is 0 Å². The minimum absolute atomic E-state index is 0.855. The third-order valence-electron chi connectivity index (χ3n) is 5.63. The van der Waals surface area contributed by atoms with E-state index in [1.807, 2.05) is 17.9 Å². The van der Waals surface area contributed by atoms with E-state index in [1.165, 1.54) is 63.5 Å². The van der Waals surface area contributed by atoms with Gasteiger partial charge >= 0.3 is 0 Å². The Hall–Kier alpha value is -0.830. The number of hydrogen-bond acceptors (Lipinski definition) is 2. The van der Waals surface area contributed by atoms with Crippen LogP contribution >= 0.6 is 0 Å². The number of hydrogen-bond donors (Lipinski definition) is 1. The van der Waals surface area contributed by atoms with Gasteiger partial charge in [0.25, 0.3) is 0 Å². The summed E-state index contributed by atoms with van der Waals surface area (Å²) in [5, 5.41) is 8.08. The number of aromatic nitrogens is 2. The van der Waals surface area contributed by atoms with E-state index in [0.29, 0.717) is 0 Å². The Morgan fingerprint density at radius 1 is 1.24 bits per heavy atom. The fourth-order valence-corrected chi connectivity index (χ4v) is 3.98. The molecule has 0 saturated heterocycles. The van der Waals surface area contributed by atoms with Gasteiger partial charge in [0.2, 0.25) is 0 Å². The molecule has 0 amide bonds. The third kappa shape index (κ3) is 4.32. The summed E-state index contributed by atoms with van der Waals surface area (Å²) in [7, 11) is 2.01. The fourth-order valence-electron chi connectivity index (χ4n) is 3.98. The summed E-state index contributed by atoms with van der Waals surface area (Å²) in [5.41, 5.74) is 1.41. The van der Waals surface area contributed by atoms with E-state index < -0.39 is 0 Å². The van der Waals surface area contributed by atoms with Gasteiger partial charge in [0.1, 0.15) is 0 Å². The molecule has 3 rings (SSSR count). The van der Waals surface area contributed by atoms with Crippen LogP contribution in [0.15, 0.2) is 12.4 Å². The molecular weight excluding hydrogens is 258 g/mol. The zero-order valence-electron chi connectivity index (χ0n) is 13.7. The van der Waals surface area contributed by atoms with Gasteiger partial charge in [0, 0.05) is 19.3 Å². The average Bonchev–Trinajstić information content (AvgIpc) is 3.24. The molecule has 2 aliphatic carbocycles. The van der Waals surface area contributed by atoms with Gasteiger partial charge in [-0.2, -0.15) is 5.10 Å². The highest BCUT2D eigenvalue weighted by Crippen LogP contribution is 2.38. The molecule has 2 aliphatic rings. The van der Waals surface area contributed by atoms with Crippen molar-refractivity contribution in [1.82, 2.24) is 15.1 Å². The highest BCUT2D eigenvalue weighted by atomic mass is 15.2. The lowest BCUT2D eigenvalue weighted by Gasteiger charge is -2.36. The normalized spacial score (nSPS) is 29.7. The molecule has 0 aliphatic heterocycles. The Morgan fingerprint density at radius 3 is 2.76 bits per heavy atom. The predicted octanol–water partition coefficient (Wildman–Crippen LogP) is 3.55. The molecule has 3 atom stereocenters. The molecule has 21 heavy (non-hydrogen) atoms. The van der Waals surface area contributed by atoms with Gasteiger partial charge in [-0.25, -0.2) is 0 Å². The average molecular weight is 289 g/mol. The maximum atomic E-state index is 4.30. The number of rotatable bonds is 7. The largest absolute Gasteiger partial charge is 0.314 e. The number of nitrogens with one attached hydrogen (secondary N) is 1. The van der Waals surface area contributed by atoms with Crippen molar-refractivity contribution >= 4 is 0 Å². The molecule has 0 radical (unpaired) electrons. The van der Waals surface area contributed by atoms with Crippen LogP contribution in [0.1, 0.15) is 57.4 Å². The molecule has 0 aromatic carbocycles. The van der Waals surface area contributed by atoms with Crippen LogP contribution in [0, 0.1) is 17.8 Å². The van der Waals surface area contributed by atoms with Crippen molar-refractivity contribution in [2.24, 2.45) is 24.8 Å². The van der Waals surface area contributed by atoms with E-state index in [2.05, 4.69) is 23.5 Å². The van der Waals surface area contributed by atoms with Gasteiger partial charge in [-0.15, -0.1) is 0 Å². The van der Waals surface area contributed by atoms with Crippen LogP contribution in [-0.2, 0) is 13.5 Å². The predicted molar refractivity (Wildman–Crippen MR) is 87.2 cm³/mol. The summed E-state index contributed by atoms with van der Waals surface area (Å²) in [4.78, 5) is 0. The Labute approximate surface area is 129 Å². The lowest BCUT2D eigenvalue weighted by Crippen LogP contribution is -2.34. The second-order valence-corrected chi connectivity index (χ2v) is 7.35. The highest BCUT2D eigenvalue weighted by Gasteiger charge is 2.31. The molecule has 0 spiro atoms. The lowest BCUT2D eigenvalue weighted by molar-refractivity contribution is 0.163. The van der Waals surface area contributed by atoms with Gasteiger partial charge in [-0.3, -0.25) is 4.68 Å². The van der Waals surface area contributed by atoms with Crippen molar-refractivity contribution < 1.29 is 0 Å². The van der Waals surface area contributed by atoms with E-state index in [4.69, 9.17) is 0 Å². The molecule has 3 nitrogen and oxygen atoms in total. The van der Waals surface area contributed by atoms with Crippen molar-refractivity contribution in [2.45, 2.75) is 64.3 Å². The van der Waals surface area contributed by atoms with Crippen LogP contribution in [0.5, 0.6) is 0 Å². The Balaban J connectivity index is 1.53. The van der Waals surface area contributed by atoms with Gasteiger partial charge in [0.05, 0.1) is 6.20 Å². The van der Waals surface area contributed by atoms with Crippen molar-refractivity contribution in [1.29, 1.82) is 0 Å². The second-order valence-electron chi connectivity index (χ2n) is 7.35. The van der Waals surface area contributed by atoms with Crippen LogP contribution in [0.4, 0.5) is 0 Å². The van der Waals surface area contributed by atoms with E-state index in [1.54, 1.807) is 0 Å². The molecule has 118 valence electrons. The van der Waals surface area contributed by atoms with Crippen LogP contribution < -0.4 is 5.32 Å². The fraction of sp³-hybridized carbons (Fsp3) is 0.833. The van der Waals surface area contributed by atoms with Crippen molar-refractivity contribution in [2.75, 3.05) is 6.54 Å². The molecule has 0 bridgehead atoms. The maximum absolute atomic E-state index is 4.30. The molecule has 1 heterocycles. The van der Waals surface area contributed by atoms with Crippen LogP contribution in [0.25, 0.3) is 0 Å². The smallest absolute Gasteiger partial charge is 0.0521 e. The van der Waals surface area contributed by atoms with Crippen LogP contribution in [-0.4, -0.2) is 22.4 Å². The molecule has 3 heteroatoms. The van der Waals surface area contributed by atoms with Gasteiger partial charge < -0.3 is 5.32 Å². The van der Waals surface area contributed by atoms with Gasteiger partial charge in [0.15, 0.2) is 0 Å². The SMILES string of the molecule is CCC1CCC(CNC2CC2)C(CCc2cnn(C)c2)C1. The van der Waals surface area contributed by atoms with E-state index in [0.717, 1.165) is 23.8 Å². The monoisotopic (exact) mass is 289 g/mol. The molecule has 2 saturated carbocycles. The first-order valence-corrected chi connectivity index (χ1v) is 8.95. The summed E-state index contributed by atoms with van der Waals surface area (Å²) >= 11 is 0. The number of aryl methyl sites for hydroxylation is 2. The Morgan fingerprint density at radius 2 is 2.10 bits per heavy atom. The van der Waals surface area contributed by atoms with Gasteiger partial charge in [-0.1, -0.05) is 19.8 Å². The topological polar surface area (TPSA) is 29.9 Å². The van der Waals surface area contributed by atoms with Crippen molar-refractivity contribution in [3.05, 3.63) is 18.0 Å². The second kappa shape index (κ2) is 6.95. The standard InChI is InChI=1S/C18H31N3/c1-3-14-4-7-17(12-19-18-8-9-18)16(10-14)6-5-15-11-20-21(2)13-15/h11,13-14,16-19H,3-10,12H2,1-2H3. The molecule has 3 unspecified atom stereocenters.